The molecule has 1 aromatic carbocycles. The molecule has 2 rings (SSSR count). The van der Waals surface area contributed by atoms with Gasteiger partial charge in [0.25, 0.3) is 5.91 Å². The maximum absolute atomic E-state index is 11.8. The summed E-state index contributed by atoms with van der Waals surface area (Å²) in [6.07, 6.45) is 2.68. The summed E-state index contributed by atoms with van der Waals surface area (Å²) in [6.45, 7) is 2.20. The van der Waals surface area contributed by atoms with Crippen molar-refractivity contribution in [2.75, 3.05) is 5.73 Å². The Balaban J connectivity index is 2.12. The van der Waals surface area contributed by atoms with Gasteiger partial charge in [0, 0.05) is 18.3 Å². The topological polar surface area (TPSA) is 102 Å². The number of hydrogen-bond acceptors (Lipinski definition) is 5. The molecule has 0 saturated carbocycles. The summed E-state index contributed by atoms with van der Waals surface area (Å²) in [7, 11) is 0. The van der Waals surface area contributed by atoms with Crippen LogP contribution < -0.4 is 16.8 Å². The van der Waals surface area contributed by atoms with Crippen LogP contribution in [0.15, 0.2) is 46.4 Å². The summed E-state index contributed by atoms with van der Waals surface area (Å²) >= 11 is 0. The van der Waals surface area contributed by atoms with Gasteiger partial charge in [-0.05, 0) is 19.1 Å². The number of aromatic nitrogens is 2. The molecule has 0 unspecified atom stereocenters. The predicted molar refractivity (Wildman–Crippen MR) is 80.1 cm³/mol. The minimum absolute atomic E-state index is 0.259. The van der Waals surface area contributed by atoms with Crippen LogP contribution in [0.25, 0.3) is 0 Å². The first-order valence-electron chi connectivity index (χ1n) is 6.37. The molecule has 0 aliphatic carbocycles. The number of rotatable bonds is 4. The van der Waals surface area contributed by atoms with Gasteiger partial charge in [0.15, 0.2) is 0 Å². The molecule has 0 spiro atoms. The van der Waals surface area contributed by atoms with Crippen molar-refractivity contribution in [1.82, 2.24) is 15.0 Å². The number of nitrogens with one attached hydrogen (secondary N) is 1. The molecular weight excluding hydrogens is 270 g/mol. The standard InChI is InChI=1S/C14H15N5O2/c1-2-19-12(15)11(8-16-14(19)21)9-17-18-13(20)10-6-4-3-5-7-10/h3-9H,2,15H2,1H3,(H,18,20)/b17-9+. The number of benzene rings is 1. The maximum atomic E-state index is 11.8. The van der Waals surface area contributed by atoms with Crippen molar-refractivity contribution in [3.8, 4) is 0 Å². The van der Waals surface area contributed by atoms with Gasteiger partial charge in [0.1, 0.15) is 5.82 Å². The summed E-state index contributed by atoms with van der Waals surface area (Å²) in [6, 6.07) is 8.70. The molecular formula is C14H15N5O2. The van der Waals surface area contributed by atoms with Crippen LogP contribution in [0.2, 0.25) is 0 Å². The molecule has 3 N–H and O–H groups in total. The normalized spacial score (nSPS) is 10.7. The number of nitrogens with zero attached hydrogens (tertiary/aromatic N) is 3. The molecule has 7 heteroatoms. The quantitative estimate of drug-likeness (QED) is 0.634. The summed E-state index contributed by atoms with van der Waals surface area (Å²) in [5.74, 6) is -0.0718. The van der Waals surface area contributed by atoms with E-state index in [0.29, 0.717) is 17.7 Å². The smallest absolute Gasteiger partial charge is 0.349 e. The van der Waals surface area contributed by atoms with E-state index in [1.807, 2.05) is 6.07 Å². The first kappa shape index (κ1) is 14.4. The third-order valence-electron chi connectivity index (χ3n) is 2.85. The van der Waals surface area contributed by atoms with Crippen LogP contribution in [0.1, 0.15) is 22.8 Å². The molecule has 21 heavy (non-hydrogen) atoms. The molecule has 0 bridgehead atoms. The average molecular weight is 285 g/mol. The highest BCUT2D eigenvalue weighted by Gasteiger charge is 2.05. The van der Waals surface area contributed by atoms with Crippen molar-refractivity contribution in [3.63, 3.8) is 0 Å². The molecule has 1 amide bonds. The lowest BCUT2D eigenvalue weighted by molar-refractivity contribution is 0.0955. The number of amides is 1. The van der Waals surface area contributed by atoms with E-state index in [1.54, 1.807) is 31.2 Å². The van der Waals surface area contributed by atoms with E-state index in [4.69, 9.17) is 5.73 Å². The Bertz CT molecular complexity index is 722. The summed E-state index contributed by atoms with van der Waals surface area (Å²) in [5, 5.41) is 3.82. The lowest BCUT2D eigenvalue weighted by atomic mass is 10.2. The van der Waals surface area contributed by atoms with Crippen LogP contribution in [0.4, 0.5) is 5.82 Å². The zero-order chi connectivity index (χ0) is 15.2. The zero-order valence-corrected chi connectivity index (χ0v) is 11.5. The van der Waals surface area contributed by atoms with Crippen LogP contribution in [-0.2, 0) is 6.54 Å². The number of hydrogen-bond donors (Lipinski definition) is 2. The Kier molecular flexibility index (Phi) is 4.45. The molecule has 0 fully saturated rings. The van der Waals surface area contributed by atoms with Crippen LogP contribution in [-0.4, -0.2) is 21.7 Å². The van der Waals surface area contributed by atoms with Gasteiger partial charge >= 0.3 is 5.69 Å². The van der Waals surface area contributed by atoms with Gasteiger partial charge in [-0.2, -0.15) is 5.10 Å². The van der Waals surface area contributed by atoms with Crippen molar-refractivity contribution in [1.29, 1.82) is 0 Å². The molecule has 1 aromatic heterocycles. The molecule has 108 valence electrons. The van der Waals surface area contributed by atoms with Gasteiger partial charge in [-0.15, -0.1) is 0 Å². The predicted octanol–water partition coefficient (Wildman–Crippen LogP) is 0.609. The second-order valence-electron chi connectivity index (χ2n) is 4.19. The van der Waals surface area contributed by atoms with Crippen molar-refractivity contribution in [2.45, 2.75) is 13.5 Å². The monoisotopic (exact) mass is 285 g/mol. The molecule has 7 nitrogen and oxygen atoms in total. The first-order chi connectivity index (χ1) is 10.1. The fourth-order valence-electron chi connectivity index (χ4n) is 1.74. The minimum Gasteiger partial charge on any atom is -0.384 e. The van der Waals surface area contributed by atoms with E-state index in [1.165, 1.54) is 17.0 Å². The first-order valence-corrected chi connectivity index (χ1v) is 6.37. The van der Waals surface area contributed by atoms with Crippen LogP contribution in [0.5, 0.6) is 0 Å². The van der Waals surface area contributed by atoms with Gasteiger partial charge < -0.3 is 5.73 Å². The van der Waals surface area contributed by atoms with E-state index >= 15 is 0 Å². The van der Waals surface area contributed by atoms with Crippen molar-refractivity contribution in [3.05, 3.63) is 58.1 Å². The second kappa shape index (κ2) is 6.47. The molecule has 1 heterocycles. The molecule has 0 aliphatic heterocycles. The SMILES string of the molecule is CCn1c(N)c(/C=N/NC(=O)c2ccccc2)cnc1=O. The fraction of sp³-hybridized carbons (Fsp3) is 0.143. The highest BCUT2D eigenvalue weighted by Crippen LogP contribution is 2.04. The highest BCUT2D eigenvalue weighted by molar-refractivity contribution is 5.95. The Hall–Kier alpha value is -2.96. The third kappa shape index (κ3) is 3.33. The summed E-state index contributed by atoms with van der Waals surface area (Å²) < 4.78 is 1.32. The number of nitrogens with two attached hydrogens (primary N) is 1. The molecule has 0 aliphatic rings. The van der Waals surface area contributed by atoms with Gasteiger partial charge in [-0.3, -0.25) is 9.36 Å². The van der Waals surface area contributed by atoms with E-state index < -0.39 is 5.69 Å². The Morgan fingerprint density at radius 1 is 1.43 bits per heavy atom. The summed E-state index contributed by atoms with van der Waals surface area (Å²) in [4.78, 5) is 26.9. The molecule has 0 atom stereocenters. The summed E-state index contributed by atoms with van der Waals surface area (Å²) in [5.41, 5.74) is 8.77. The van der Waals surface area contributed by atoms with Crippen molar-refractivity contribution in [2.24, 2.45) is 5.10 Å². The van der Waals surface area contributed by atoms with Crippen molar-refractivity contribution >= 4 is 17.9 Å². The lowest BCUT2D eigenvalue weighted by Crippen LogP contribution is -2.26. The fourth-order valence-corrected chi connectivity index (χ4v) is 1.74. The van der Waals surface area contributed by atoms with Crippen molar-refractivity contribution < 1.29 is 4.79 Å². The average Bonchev–Trinajstić information content (AvgIpc) is 2.51. The number of anilines is 1. The Morgan fingerprint density at radius 3 is 2.81 bits per heavy atom. The van der Waals surface area contributed by atoms with Crippen LogP contribution in [0, 0.1) is 0 Å². The van der Waals surface area contributed by atoms with Crippen LogP contribution in [0.3, 0.4) is 0 Å². The van der Waals surface area contributed by atoms with Gasteiger partial charge in [0.05, 0.1) is 11.8 Å². The van der Waals surface area contributed by atoms with Gasteiger partial charge in [-0.1, -0.05) is 18.2 Å². The van der Waals surface area contributed by atoms with E-state index in [0.717, 1.165) is 0 Å². The molecule has 0 radical (unpaired) electrons. The number of carbonyl (C=O) groups is 1. The number of carbonyl (C=O) groups excluding carboxylic acids is 1. The highest BCUT2D eigenvalue weighted by atomic mass is 16.2. The molecule has 0 saturated heterocycles. The van der Waals surface area contributed by atoms with E-state index in [-0.39, 0.29) is 11.7 Å². The Labute approximate surface area is 121 Å². The van der Waals surface area contributed by atoms with Gasteiger partial charge in [-0.25, -0.2) is 15.2 Å². The second-order valence-corrected chi connectivity index (χ2v) is 4.19. The largest absolute Gasteiger partial charge is 0.384 e. The third-order valence-corrected chi connectivity index (χ3v) is 2.85. The lowest BCUT2D eigenvalue weighted by Gasteiger charge is -2.07. The van der Waals surface area contributed by atoms with E-state index in [9.17, 15) is 9.59 Å². The van der Waals surface area contributed by atoms with Crippen LogP contribution >= 0.6 is 0 Å². The minimum atomic E-state index is -0.416. The maximum Gasteiger partial charge on any atom is 0.349 e. The number of hydrazone groups is 1. The Morgan fingerprint density at radius 2 is 2.14 bits per heavy atom. The van der Waals surface area contributed by atoms with E-state index in [2.05, 4.69) is 15.5 Å². The zero-order valence-electron chi connectivity index (χ0n) is 11.5. The molecule has 2 aromatic rings. The number of nitrogen functional groups attached to an aromatic ring is 1. The van der Waals surface area contributed by atoms with Gasteiger partial charge in [0.2, 0.25) is 0 Å².